The fourth-order valence-corrected chi connectivity index (χ4v) is 1.10. The summed E-state index contributed by atoms with van der Waals surface area (Å²) in [6.45, 7) is -0.467. The molecule has 0 aliphatic heterocycles. The SMILES string of the molecule is COc1ccc(C=O)c(OCC(O)CO)c1. The monoisotopic (exact) mass is 226 g/mol. The Morgan fingerprint density at radius 3 is 2.81 bits per heavy atom. The Hall–Kier alpha value is -1.59. The van der Waals surface area contributed by atoms with Gasteiger partial charge in [-0.05, 0) is 12.1 Å². The van der Waals surface area contributed by atoms with Crippen molar-refractivity contribution in [1.82, 2.24) is 0 Å². The summed E-state index contributed by atoms with van der Waals surface area (Å²) in [4.78, 5) is 10.7. The molecule has 0 heterocycles. The summed E-state index contributed by atoms with van der Waals surface area (Å²) in [7, 11) is 1.50. The Morgan fingerprint density at radius 1 is 1.50 bits per heavy atom. The molecule has 0 saturated heterocycles. The lowest BCUT2D eigenvalue weighted by molar-refractivity contribution is 0.0532. The summed E-state index contributed by atoms with van der Waals surface area (Å²) in [5.74, 6) is 0.876. The molecule has 0 spiro atoms. The third-order valence-corrected chi connectivity index (χ3v) is 1.99. The van der Waals surface area contributed by atoms with E-state index in [4.69, 9.17) is 19.7 Å². The van der Waals surface area contributed by atoms with Gasteiger partial charge in [0.2, 0.25) is 0 Å². The predicted molar refractivity (Wildman–Crippen MR) is 57.0 cm³/mol. The average molecular weight is 226 g/mol. The minimum atomic E-state index is -0.967. The molecule has 0 aliphatic rings. The van der Waals surface area contributed by atoms with Crippen LogP contribution in [0.2, 0.25) is 0 Å². The van der Waals surface area contributed by atoms with E-state index in [1.165, 1.54) is 7.11 Å². The van der Waals surface area contributed by atoms with Crippen molar-refractivity contribution >= 4 is 6.29 Å². The Kier molecular flexibility index (Phi) is 4.75. The zero-order valence-corrected chi connectivity index (χ0v) is 8.92. The molecule has 2 N–H and O–H groups in total. The van der Waals surface area contributed by atoms with Crippen molar-refractivity contribution in [3.05, 3.63) is 23.8 Å². The predicted octanol–water partition coefficient (Wildman–Crippen LogP) is 0.240. The van der Waals surface area contributed by atoms with Crippen molar-refractivity contribution in [2.24, 2.45) is 0 Å². The molecule has 0 aromatic heterocycles. The van der Waals surface area contributed by atoms with Crippen molar-refractivity contribution in [1.29, 1.82) is 0 Å². The van der Waals surface area contributed by atoms with E-state index in [0.717, 1.165) is 0 Å². The summed E-state index contributed by atoms with van der Waals surface area (Å²) in [5, 5.41) is 17.7. The Labute approximate surface area is 93.2 Å². The van der Waals surface area contributed by atoms with Crippen LogP contribution in [-0.4, -0.2) is 42.9 Å². The lowest BCUT2D eigenvalue weighted by Gasteiger charge is -2.12. The fraction of sp³-hybridized carbons (Fsp3) is 0.364. The third-order valence-electron chi connectivity index (χ3n) is 1.99. The number of ether oxygens (including phenoxy) is 2. The number of aliphatic hydroxyl groups excluding tert-OH is 2. The lowest BCUT2D eigenvalue weighted by Crippen LogP contribution is -2.21. The molecule has 0 bridgehead atoms. The number of benzene rings is 1. The Balaban J connectivity index is 2.79. The number of rotatable bonds is 6. The maximum Gasteiger partial charge on any atom is 0.153 e. The molecule has 1 aromatic rings. The molecule has 1 aromatic carbocycles. The van der Waals surface area contributed by atoms with E-state index >= 15 is 0 Å². The van der Waals surface area contributed by atoms with Gasteiger partial charge in [-0.25, -0.2) is 0 Å². The van der Waals surface area contributed by atoms with Gasteiger partial charge in [-0.15, -0.1) is 0 Å². The van der Waals surface area contributed by atoms with Crippen molar-refractivity contribution in [2.75, 3.05) is 20.3 Å². The summed E-state index contributed by atoms with van der Waals surface area (Å²) in [6, 6.07) is 4.75. The van der Waals surface area contributed by atoms with Gasteiger partial charge in [-0.3, -0.25) is 4.79 Å². The molecule has 0 radical (unpaired) electrons. The van der Waals surface area contributed by atoms with Gasteiger partial charge in [0.25, 0.3) is 0 Å². The highest BCUT2D eigenvalue weighted by molar-refractivity contribution is 5.79. The van der Waals surface area contributed by atoms with E-state index < -0.39 is 6.10 Å². The van der Waals surface area contributed by atoms with Gasteiger partial charge in [0.1, 0.15) is 24.2 Å². The number of aliphatic hydroxyl groups is 2. The van der Waals surface area contributed by atoms with Crippen LogP contribution in [0.25, 0.3) is 0 Å². The molecule has 1 unspecified atom stereocenters. The van der Waals surface area contributed by atoms with Crippen molar-refractivity contribution < 1.29 is 24.5 Å². The summed E-state index contributed by atoms with van der Waals surface area (Å²) >= 11 is 0. The number of carbonyl (C=O) groups excluding carboxylic acids is 1. The quantitative estimate of drug-likeness (QED) is 0.679. The number of methoxy groups -OCH3 is 1. The molecule has 0 fully saturated rings. The molecule has 0 aliphatic carbocycles. The maximum atomic E-state index is 10.7. The number of hydrogen-bond acceptors (Lipinski definition) is 5. The highest BCUT2D eigenvalue weighted by atomic mass is 16.5. The second kappa shape index (κ2) is 6.09. The van der Waals surface area contributed by atoms with Crippen LogP contribution in [0.5, 0.6) is 11.5 Å². The fourth-order valence-electron chi connectivity index (χ4n) is 1.10. The van der Waals surface area contributed by atoms with E-state index in [9.17, 15) is 4.79 Å². The van der Waals surface area contributed by atoms with Crippen molar-refractivity contribution in [3.8, 4) is 11.5 Å². The van der Waals surface area contributed by atoms with Crippen LogP contribution in [0.3, 0.4) is 0 Å². The zero-order valence-electron chi connectivity index (χ0n) is 8.92. The molecular weight excluding hydrogens is 212 g/mol. The number of hydrogen-bond donors (Lipinski definition) is 2. The highest BCUT2D eigenvalue weighted by Crippen LogP contribution is 2.23. The topological polar surface area (TPSA) is 76.0 Å². The van der Waals surface area contributed by atoms with Gasteiger partial charge in [0.15, 0.2) is 6.29 Å². The zero-order chi connectivity index (χ0) is 12.0. The van der Waals surface area contributed by atoms with E-state index in [2.05, 4.69) is 0 Å². The molecular formula is C11H14O5. The molecule has 88 valence electrons. The molecule has 5 heteroatoms. The van der Waals surface area contributed by atoms with Gasteiger partial charge in [-0.1, -0.05) is 0 Å². The Bertz CT molecular complexity index is 350. The van der Waals surface area contributed by atoms with Crippen molar-refractivity contribution in [2.45, 2.75) is 6.10 Å². The summed E-state index contributed by atoms with van der Waals surface area (Å²) in [5.41, 5.74) is 0.367. The van der Waals surface area contributed by atoms with E-state index in [-0.39, 0.29) is 13.2 Å². The van der Waals surface area contributed by atoms with Gasteiger partial charge in [0.05, 0.1) is 19.3 Å². The molecule has 1 rings (SSSR count). The largest absolute Gasteiger partial charge is 0.497 e. The molecule has 1 atom stereocenters. The molecule has 0 saturated carbocycles. The van der Waals surface area contributed by atoms with Gasteiger partial charge >= 0.3 is 0 Å². The minimum absolute atomic E-state index is 0.0789. The van der Waals surface area contributed by atoms with Gasteiger partial charge in [-0.2, -0.15) is 0 Å². The first-order valence-corrected chi connectivity index (χ1v) is 4.76. The first-order chi connectivity index (χ1) is 7.71. The molecule has 0 amide bonds. The van der Waals surface area contributed by atoms with Crippen LogP contribution in [0.15, 0.2) is 18.2 Å². The normalized spacial score (nSPS) is 11.9. The average Bonchev–Trinajstić information content (AvgIpc) is 2.35. The van der Waals surface area contributed by atoms with Crippen LogP contribution in [0, 0.1) is 0 Å². The smallest absolute Gasteiger partial charge is 0.153 e. The van der Waals surface area contributed by atoms with E-state index in [0.29, 0.717) is 23.3 Å². The second-order valence-electron chi connectivity index (χ2n) is 3.17. The van der Waals surface area contributed by atoms with Gasteiger partial charge in [0, 0.05) is 6.07 Å². The molecule has 16 heavy (non-hydrogen) atoms. The van der Waals surface area contributed by atoms with Crippen LogP contribution >= 0.6 is 0 Å². The van der Waals surface area contributed by atoms with E-state index in [1.54, 1.807) is 18.2 Å². The van der Waals surface area contributed by atoms with Crippen molar-refractivity contribution in [3.63, 3.8) is 0 Å². The van der Waals surface area contributed by atoms with Crippen LogP contribution in [0.1, 0.15) is 10.4 Å². The first-order valence-electron chi connectivity index (χ1n) is 4.76. The lowest BCUT2D eigenvalue weighted by atomic mass is 10.2. The standard InChI is InChI=1S/C11H14O5/c1-15-10-3-2-8(5-12)11(4-10)16-7-9(14)6-13/h2-5,9,13-14H,6-7H2,1H3. The maximum absolute atomic E-state index is 10.7. The number of aldehydes is 1. The van der Waals surface area contributed by atoms with Crippen LogP contribution in [0.4, 0.5) is 0 Å². The van der Waals surface area contributed by atoms with Crippen LogP contribution < -0.4 is 9.47 Å². The van der Waals surface area contributed by atoms with Gasteiger partial charge < -0.3 is 19.7 Å². The first kappa shape index (κ1) is 12.5. The summed E-state index contributed by atoms with van der Waals surface area (Å²) in [6.07, 6.45) is -0.314. The number of carbonyl (C=O) groups is 1. The van der Waals surface area contributed by atoms with Crippen LogP contribution in [-0.2, 0) is 0 Å². The second-order valence-corrected chi connectivity index (χ2v) is 3.17. The van der Waals surface area contributed by atoms with E-state index in [1.807, 2.05) is 0 Å². The minimum Gasteiger partial charge on any atom is -0.497 e. The third kappa shape index (κ3) is 3.22. The molecule has 5 nitrogen and oxygen atoms in total. The summed E-state index contributed by atoms with van der Waals surface area (Å²) < 4.78 is 10.2. The Morgan fingerprint density at radius 2 is 2.25 bits per heavy atom. The highest BCUT2D eigenvalue weighted by Gasteiger charge is 2.08.